The van der Waals surface area contributed by atoms with Gasteiger partial charge in [-0.25, -0.2) is 4.39 Å². The lowest BCUT2D eigenvalue weighted by Crippen LogP contribution is -2.52. The predicted molar refractivity (Wildman–Crippen MR) is 66.4 cm³/mol. The monoisotopic (exact) mass is 404 g/mol. The number of hydrogen-bond donors (Lipinski definition) is 0. The fourth-order valence-electron chi connectivity index (χ4n) is 1.09. The minimum atomic E-state index is -5.28. The molecule has 0 aromatic rings. The molecule has 0 radical (unpaired) electrons. The second-order valence-corrected chi connectivity index (χ2v) is 5.75. The normalized spacial score (nSPS) is 17.0. The summed E-state index contributed by atoms with van der Waals surface area (Å²) in [7, 11) is 0. The topological polar surface area (TPSA) is 0 Å². The highest BCUT2D eigenvalue weighted by molar-refractivity contribution is 6.23. The van der Waals surface area contributed by atoms with Crippen molar-refractivity contribution in [3.63, 3.8) is 0 Å². The summed E-state index contributed by atoms with van der Waals surface area (Å²) in [5.74, 6) is -23.9. The summed E-state index contributed by atoms with van der Waals surface area (Å²) in [4.78, 5) is 0. The van der Waals surface area contributed by atoms with Crippen LogP contribution in [0.2, 0.25) is 0 Å². The quantitative estimate of drug-likeness (QED) is 0.333. The minimum Gasteiger partial charge on any atom is -0.220 e. The summed E-state index contributed by atoms with van der Waals surface area (Å²) in [6, 6.07) is 0. The molecule has 0 heterocycles. The summed E-state index contributed by atoms with van der Waals surface area (Å²) < 4.78 is 135. The summed E-state index contributed by atoms with van der Waals surface area (Å²) in [5, 5.41) is -3.73. The highest BCUT2D eigenvalue weighted by Gasteiger charge is 2.68. The van der Waals surface area contributed by atoms with Gasteiger partial charge in [-0.05, 0) is 6.92 Å². The van der Waals surface area contributed by atoms with E-state index in [1.807, 2.05) is 0 Å². The van der Waals surface area contributed by atoms with Gasteiger partial charge in [0.2, 0.25) is 5.13 Å². The van der Waals surface area contributed by atoms with Gasteiger partial charge in [-0.2, -0.15) is 43.9 Å². The van der Waals surface area contributed by atoms with Crippen LogP contribution in [-0.2, 0) is 0 Å². The van der Waals surface area contributed by atoms with Gasteiger partial charge in [-0.15, -0.1) is 0 Å². The zero-order chi connectivity index (χ0) is 20.4. The van der Waals surface area contributed by atoms with E-state index in [0.717, 1.165) is 13.8 Å². The summed E-state index contributed by atoms with van der Waals surface area (Å²) in [6.45, 7) is 1.53. The smallest absolute Gasteiger partial charge is 0.220 e. The largest absolute Gasteiger partial charge is 0.371 e. The Balaban J connectivity index is 0. The van der Waals surface area contributed by atoms with E-state index in [4.69, 9.17) is 0 Å². The second kappa shape index (κ2) is 7.41. The molecule has 0 aliphatic heterocycles. The molecule has 0 bridgehead atoms. The van der Waals surface area contributed by atoms with Crippen molar-refractivity contribution < 1.29 is 48.3 Å². The maximum absolute atomic E-state index is 12.5. The van der Waals surface area contributed by atoms with Gasteiger partial charge in [0.1, 0.15) is 0 Å². The van der Waals surface area contributed by atoms with Crippen LogP contribution < -0.4 is 0 Å². The maximum atomic E-state index is 12.5. The first-order chi connectivity index (χ1) is 10.1. The van der Waals surface area contributed by atoms with Crippen molar-refractivity contribution in [3.8, 4) is 0 Å². The third-order valence-corrected chi connectivity index (χ3v) is 3.15. The standard InChI is InChI=1S/C6H8ClF5.C6H8F6/c2*1-3-5(9,10)6(11,12)4(2,7)8/h2*3H2,1-2H3. The van der Waals surface area contributed by atoms with Crippen LogP contribution in [0.25, 0.3) is 0 Å². The van der Waals surface area contributed by atoms with Crippen LogP contribution in [0, 0.1) is 0 Å². The van der Waals surface area contributed by atoms with Gasteiger partial charge in [0.15, 0.2) is 0 Å². The number of rotatable bonds is 6. The van der Waals surface area contributed by atoms with E-state index < -0.39 is 47.6 Å². The molecule has 0 aliphatic carbocycles. The first kappa shape index (κ1) is 25.8. The molecule has 148 valence electrons. The van der Waals surface area contributed by atoms with Gasteiger partial charge in [0, 0.05) is 19.8 Å². The fourth-order valence-corrected chi connectivity index (χ4v) is 1.22. The molecule has 12 heteroatoms. The van der Waals surface area contributed by atoms with Crippen molar-refractivity contribution in [2.24, 2.45) is 0 Å². The molecule has 0 fully saturated rings. The molecule has 1 unspecified atom stereocenters. The number of hydrogen-bond acceptors (Lipinski definition) is 0. The average molecular weight is 405 g/mol. The van der Waals surface area contributed by atoms with E-state index >= 15 is 0 Å². The van der Waals surface area contributed by atoms with E-state index in [-0.39, 0.29) is 13.8 Å². The zero-order valence-corrected chi connectivity index (χ0v) is 13.7. The van der Waals surface area contributed by atoms with Crippen LogP contribution in [0.1, 0.15) is 40.5 Å². The van der Waals surface area contributed by atoms with Crippen LogP contribution in [0.5, 0.6) is 0 Å². The first-order valence-electron chi connectivity index (χ1n) is 6.39. The molecule has 0 spiro atoms. The molecule has 1 atom stereocenters. The van der Waals surface area contributed by atoms with Gasteiger partial charge < -0.3 is 0 Å². The van der Waals surface area contributed by atoms with E-state index in [9.17, 15) is 48.3 Å². The lowest BCUT2D eigenvalue weighted by molar-refractivity contribution is -0.303. The van der Waals surface area contributed by atoms with Gasteiger partial charge >= 0.3 is 29.6 Å². The molecule has 0 amide bonds. The number of halogens is 12. The minimum absolute atomic E-state index is 0.206. The van der Waals surface area contributed by atoms with Gasteiger partial charge in [-0.3, -0.25) is 0 Å². The van der Waals surface area contributed by atoms with Crippen LogP contribution in [-0.4, -0.2) is 34.7 Å². The predicted octanol–water partition coefficient (Wildman–Crippen LogP) is 6.91. The van der Waals surface area contributed by atoms with E-state index in [2.05, 4.69) is 11.6 Å². The van der Waals surface area contributed by atoms with Crippen molar-refractivity contribution in [3.05, 3.63) is 0 Å². The van der Waals surface area contributed by atoms with E-state index in [1.165, 1.54) is 0 Å². The summed E-state index contributed by atoms with van der Waals surface area (Å²) in [5.41, 5.74) is 0. The molecule has 0 saturated heterocycles. The van der Waals surface area contributed by atoms with Crippen LogP contribution in [0.4, 0.5) is 48.3 Å². The molecule has 0 saturated carbocycles. The van der Waals surface area contributed by atoms with Crippen LogP contribution in [0.15, 0.2) is 0 Å². The van der Waals surface area contributed by atoms with Crippen molar-refractivity contribution in [1.82, 2.24) is 0 Å². The van der Waals surface area contributed by atoms with Crippen LogP contribution in [0.3, 0.4) is 0 Å². The highest BCUT2D eigenvalue weighted by Crippen LogP contribution is 2.48. The molecule has 0 aromatic heterocycles. The molecule has 0 aliphatic rings. The lowest BCUT2D eigenvalue weighted by Gasteiger charge is -2.31. The Morgan fingerprint density at radius 3 is 0.917 bits per heavy atom. The van der Waals surface area contributed by atoms with E-state index in [0.29, 0.717) is 0 Å². The van der Waals surface area contributed by atoms with Crippen molar-refractivity contribution in [2.75, 3.05) is 0 Å². The zero-order valence-electron chi connectivity index (χ0n) is 12.9. The molecular formula is C12H16ClF11. The second-order valence-electron chi connectivity index (χ2n) is 5.04. The summed E-state index contributed by atoms with van der Waals surface area (Å²) in [6.07, 6.45) is -2.48. The maximum Gasteiger partial charge on any atom is 0.371 e. The Labute approximate surface area is 136 Å². The highest BCUT2D eigenvalue weighted by atomic mass is 35.5. The Bertz CT molecular complexity index is 355. The van der Waals surface area contributed by atoms with Crippen LogP contribution >= 0.6 is 11.6 Å². The third kappa shape index (κ3) is 5.26. The Hall–Kier alpha value is -0.480. The molecular weight excluding hydrogens is 389 g/mol. The first-order valence-corrected chi connectivity index (χ1v) is 6.77. The molecule has 24 heavy (non-hydrogen) atoms. The molecule has 0 N–H and O–H groups in total. The lowest BCUT2D eigenvalue weighted by atomic mass is 10.0. The summed E-state index contributed by atoms with van der Waals surface area (Å²) >= 11 is 4.49. The Morgan fingerprint density at radius 2 is 0.833 bits per heavy atom. The molecule has 0 rings (SSSR count). The molecule has 0 aromatic carbocycles. The van der Waals surface area contributed by atoms with Gasteiger partial charge in [0.05, 0.1) is 0 Å². The van der Waals surface area contributed by atoms with Gasteiger partial charge in [-0.1, -0.05) is 25.4 Å². The third-order valence-electron chi connectivity index (χ3n) is 2.91. The molecule has 0 nitrogen and oxygen atoms in total. The number of alkyl halides is 12. The Kier molecular flexibility index (Phi) is 7.95. The van der Waals surface area contributed by atoms with Gasteiger partial charge in [0.25, 0.3) is 0 Å². The average Bonchev–Trinajstić information content (AvgIpc) is 2.36. The fraction of sp³-hybridized carbons (Fsp3) is 1.00. The van der Waals surface area contributed by atoms with E-state index in [1.54, 1.807) is 0 Å². The Morgan fingerprint density at radius 1 is 0.583 bits per heavy atom. The SMILES string of the molecule is CCC(F)(F)C(F)(F)C(C)(F)Cl.CCC(F)(F)C(F)(F)C(C)(F)F. The van der Waals surface area contributed by atoms with Crippen molar-refractivity contribution in [2.45, 2.75) is 75.3 Å². The van der Waals surface area contributed by atoms with Crippen molar-refractivity contribution in [1.29, 1.82) is 0 Å². The van der Waals surface area contributed by atoms with Crippen molar-refractivity contribution >= 4 is 11.6 Å².